The quantitative estimate of drug-likeness (QED) is 0.609. The largest absolute Gasteiger partial charge is 0.496 e. The molecule has 0 aliphatic heterocycles. The first kappa shape index (κ1) is 18.9. The second-order valence-corrected chi connectivity index (χ2v) is 6.72. The van der Waals surface area contributed by atoms with E-state index in [0.717, 1.165) is 4.88 Å². The van der Waals surface area contributed by atoms with Gasteiger partial charge < -0.3 is 9.26 Å². The molecule has 0 aliphatic carbocycles. The van der Waals surface area contributed by atoms with Crippen molar-refractivity contribution >= 4 is 34.8 Å². The summed E-state index contributed by atoms with van der Waals surface area (Å²) >= 11 is 7.36. The molecule has 0 saturated heterocycles. The van der Waals surface area contributed by atoms with Crippen molar-refractivity contribution in [3.63, 3.8) is 0 Å². The van der Waals surface area contributed by atoms with Crippen LogP contribution in [-0.2, 0) is 11.2 Å². The molecule has 0 atom stereocenters. The standard InChI is InChI=1S/C17H15ClN4O4S/c1-25-12-9-10(18)4-5-11(12)17(24)21-20-14(23)6-7-15-19-16(22-26-15)13-3-2-8-27-13/h2-5,8-9H,6-7H2,1H3,(H,20,23)(H,21,24). The number of halogens is 1. The first-order valence-corrected chi connectivity index (χ1v) is 9.12. The lowest BCUT2D eigenvalue weighted by atomic mass is 10.2. The monoisotopic (exact) mass is 406 g/mol. The summed E-state index contributed by atoms with van der Waals surface area (Å²) in [7, 11) is 1.43. The van der Waals surface area contributed by atoms with Crippen molar-refractivity contribution < 1.29 is 18.8 Å². The molecule has 0 bridgehead atoms. The van der Waals surface area contributed by atoms with Gasteiger partial charge >= 0.3 is 0 Å². The Kier molecular flexibility index (Phi) is 6.05. The van der Waals surface area contributed by atoms with E-state index in [2.05, 4.69) is 21.0 Å². The molecule has 0 aliphatic rings. The third-order valence-electron chi connectivity index (χ3n) is 3.50. The van der Waals surface area contributed by atoms with E-state index in [9.17, 15) is 9.59 Å². The topological polar surface area (TPSA) is 106 Å². The van der Waals surface area contributed by atoms with Gasteiger partial charge in [-0.3, -0.25) is 20.4 Å². The fourth-order valence-corrected chi connectivity index (χ4v) is 3.00. The van der Waals surface area contributed by atoms with Gasteiger partial charge in [-0.15, -0.1) is 11.3 Å². The highest BCUT2D eigenvalue weighted by Crippen LogP contribution is 2.23. The molecular formula is C17H15ClN4O4S. The van der Waals surface area contributed by atoms with Crippen LogP contribution in [0.25, 0.3) is 10.7 Å². The van der Waals surface area contributed by atoms with Gasteiger partial charge in [-0.2, -0.15) is 4.98 Å². The van der Waals surface area contributed by atoms with Crippen molar-refractivity contribution in [1.82, 2.24) is 21.0 Å². The fourth-order valence-electron chi connectivity index (χ4n) is 2.19. The molecule has 140 valence electrons. The number of rotatable bonds is 6. The van der Waals surface area contributed by atoms with Gasteiger partial charge in [0.25, 0.3) is 5.91 Å². The third kappa shape index (κ3) is 4.83. The molecule has 0 unspecified atom stereocenters. The lowest BCUT2D eigenvalue weighted by molar-refractivity contribution is -0.121. The molecule has 10 heteroatoms. The summed E-state index contributed by atoms with van der Waals surface area (Å²) in [5.41, 5.74) is 4.92. The van der Waals surface area contributed by atoms with Gasteiger partial charge in [0.2, 0.25) is 17.6 Å². The average Bonchev–Trinajstić information content (AvgIpc) is 3.35. The maximum absolute atomic E-state index is 12.2. The lowest BCUT2D eigenvalue weighted by Gasteiger charge is -2.10. The van der Waals surface area contributed by atoms with Crippen molar-refractivity contribution in [2.75, 3.05) is 7.11 Å². The summed E-state index contributed by atoms with van der Waals surface area (Å²) < 4.78 is 10.2. The van der Waals surface area contributed by atoms with Gasteiger partial charge in [0.05, 0.1) is 17.6 Å². The number of aromatic nitrogens is 2. The van der Waals surface area contributed by atoms with Crippen LogP contribution in [0, 0.1) is 0 Å². The number of carbonyl (C=O) groups is 2. The smallest absolute Gasteiger partial charge is 0.273 e. The highest BCUT2D eigenvalue weighted by Gasteiger charge is 2.15. The Morgan fingerprint density at radius 2 is 2.15 bits per heavy atom. The average molecular weight is 407 g/mol. The molecule has 3 rings (SSSR count). The number of methoxy groups -OCH3 is 1. The first-order valence-electron chi connectivity index (χ1n) is 7.86. The summed E-state index contributed by atoms with van der Waals surface area (Å²) in [5.74, 6) is 0.228. The maximum atomic E-state index is 12.2. The van der Waals surface area contributed by atoms with E-state index in [0.29, 0.717) is 22.5 Å². The predicted octanol–water partition coefficient (Wildman–Crippen LogP) is 2.85. The number of benzene rings is 1. The molecule has 0 radical (unpaired) electrons. The van der Waals surface area contributed by atoms with Crippen molar-refractivity contribution in [2.45, 2.75) is 12.8 Å². The van der Waals surface area contributed by atoms with Crippen LogP contribution in [-0.4, -0.2) is 29.1 Å². The molecule has 3 aromatic rings. The highest BCUT2D eigenvalue weighted by atomic mass is 35.5. The SMILES string of the molecule is COc1cc(Cl)ccc1C(=O)NNC(=O)CCc1nc(-c2cccs2)no1. The van der Waals surface area contributed by atoms with Gasteiger partial charge in [-0.25, -0.2) is 0 Å². The summed E-state index contributed by atoms with van der Waals surface area (Å²) in [6, 6.07) is 8.35. The number of aryl methyl sites for hydroxylation is 1. The number of hydrogen-bond donors (Lipinski definition) is 2. The van der Waals surface area contributed by atoms with Crippen LogP contribution in [0.3, 0.4) is 0 Å². The fraction of sp³-hybridized carbons (Fsp3) is 0.176. The summed E-state index contributed by atoms with van der Waals surface area (Å²) in [6.07, 6.45) is 0.328. The van der Waals surface area contributed by atoms with Crippen molar-refractivity contribution in [3.8, 4) is 16.5 Å². The van der Waals surface area contributed by atoms with Crippen molar-refractivity contribution in [3.05, 3.63) is 52.2 Å². The Hall–Kier alpha value is -2.91. The van der Waals surface area contributed by atoms with Crippen LogP contribution in [0.4, 0.5) is 0 Å². The Morgan fingerprint density at radius 3 is 2.89 bits per heavy atom. The van der Waals surface area contributed by atoms with Crippen LogP contribution in [0.5, 0.6) is 5.75 Å². The van der Waals surface area contributed by atoms with Crippen molar-refractivity contribution in [1.29, 1.82) is 0 Å². The minimum absolute atomic E-state index is 0.0735. The molecule has 27 heavy (non-hydrogen) atoms. The van der Waals surface area contributed by atoms with E-state index >= 15 is 0 Å². The Bertz CT molecular complexity index is 942. The Labute approximate surface area is 163 Å². The lowest BCUT2D eigenvalue weighted by Crippen LogP contribution is -2.41. The van der Waals surface area contributed by atoms with Gasteiger partial charge in [-0.05, 0) is 29.6 Å². The molecular weight excluding hydrogens is 392 g/mol. The summed E-state index contributed by atoms with van der Waals surface area (Å²) in [5, 5.41) is 6.23. The van der Waals surface area contributed by atoms with E-state index in [-0.39, 0.29) is 18.4 Å². The summed E-state index contributed by atoms with van der Waals surface area (Å²) in [6.45, 7) is 0. The molecule has 0 saturated carbocycles. The number of ether oxygens (including phenoxy) is 1. The van der Waals surface area contributed by atoms with Crippen LogP contribution < -0.4 is 15.6 Å². The summed E-state index contributed by atoms with van der Waals surface area (Å²) in [4.78, 5) is 29.2. The highest BCUT2D eigenvalue weighted by molar-refractivity contribution is 7.13. The zero-order valence-corrected chi connectivity index (χ0v) is 15.8. The first-order chi connectivity index (χ1) is 13.1. The minimum atomic E-state index is -0.519. The molecule has 2 N–H and O–H groups in total. The van der Waals surface area contributed by atoms with E-state index in [4.69, 9.17) is 20.9 Å². The molecule has 2 heterocycles. The number of nitrogens with one attached hydrogen (secondary N) is 2. The zero-order valence-electron chi connectivity index (χ0n) is 14.2. The predicted molar refractivity (Wildman–Crippen MR) is 99.5 cm³/mol. The maximum Gasteiger partial charge on any atom is 0.273 e. The van der Waals surface area contributed by atoms with E-state index in [1.807, 2.05) is 17.5 Å². The molecule has 0 spiro atoms. The van der Waals surface area contributed by atoms with Crippen LogP contribution in [0.15, 0.2) is 40.2 Å². The van der Waals surface area contributed by atoms with Crippen LogP contribution >= 0.6 is 22.9 Å². The zero-order chi connectivity index (χ0) is 19.2. The Morgan fingerprint density at radius 1 is 1.30 bits per heavy atom. The van der Waals surface area contributed by atoms with Gasteiger partial charge in [0.1, 0.15) is 5.75 Å². The molecule has 1 aromatic carbocycles. The normalized spacial score (nSPS) is 10.4. The number of amides is 2. The molecule has 2 amide bonds. The van der Waals surface area contributed by atoms with Gasteiger partial charge in [0.15, 0.2) is 0 Å². The number of hydrogen-bond acceptors (Lipinski definition) is 7. The van der Waals surface area contributed by atoms with Crippen LogP contribution in [0.1, 0.15) is 22.7 Å². The van der Waals surface area contributed by atoms with E-state index < -0.39 is 11.8 Å². The van der Waals surface area contributed by atoms with Crippen LogP contribution in [0.2, 0.25) is 5.02 Å². The Balaban J connectivity index is 1.49. The number of hydrazine groups is 1. The number of nitrogens with zero attached hydrogens (tertiary/aromatic N) is 2. The number of carbonyl (C=O) groups excluding carboxylic acids is 2. The molecule has 8 nitrogen and oxygen atoms in total. The third-order valence-corrected chi connectivity index (χ3v) is 4.60. The number of thiophene rings is 1. The van der Waals surface area contributed by atoms with Crippen molar-refractivity contribution in [2.24, 2.45) is 0 Å². The van der Waals surface area contributed by atoms with E-state index in [1.54, 1.807) is 6.07 Å². The molecule has 2 aromatic heterocycles. The van der Waals surface area contributed by atoms with Gasteiger partial charge in [0, 0.05) is 17.9 Å². The van der Waals surface area contributed by atoms with Gasteiger partial charge in [-0.1, -0.05) is 22.8 Å². The second-order valence-electron chi connectivity index (χ2n) is 5.34. The minimum Gasteiger partial charge on any atom is -0.496 e. The second kappa shape index (κ2) is 8.65. The van der Waals surface area contributed by atoms with E-state index in [1.165, 1.54) is 30.6 Å². The molecule has 0 fully saturated rings.